The number of halogens is 1. The van der Waals surface area contributed by atoms with Gasteiger partial charge < -0.3 is 9.36 Å². The van der Waals surface area contributed by atoms with Crippen molar-refractivity contribution >= 4 is 16.7 Å². The molecule has 0 radical (unpaired) electrons. The molecule has 2 aromatic rings. The third kappa shape index (κ3) is 2.32. The maximum absolute atomic E-state index is 13.1. The molecule has 1 aromatic carbocycles. The highest BCUT2D eigenvalue weighted by Crippen LogP contribution is 2.15. The van der Waals surface area contributed by atoms with Gasteiger partial charge in [-0.2, -0.15) is 0 Å². The van der Waals surface area contributed by atoms with Gasteiger partial charge in [0.15, 0.2) is 0 Å². The molecule has 0 saturated carbocycles. The molecule has 0 N–H and O–H groups in total. The van der Waals surface area contributed by atoms with Gasteiger partial charge in [-0.05, 0) is 43.0 Å². The molecule has 18 heavy (non-hydrogen) atoms. The van der Waals surface area contributed by atoms with E-state index in [1.807, 2.05) is 0 Å². The summed E-state index contributed by atoms with van der Waals surface area (Å²) in [6, 6.07) is 6.08. The number of fused-ring (bicyclic) bond motifs is 1. The van der Waals surface area contributed by atoms with Crippen LogP contribution in [0.1, 0.15) is 18.9 Å². The number of pyridine rings is 1. The van der Waals surface area contributed by atoms with E-state index in [2.05, 4.69) is 0 Å². The normalized spacial score (nSPS) is 10.8. The second-order valence-corrected chi connectivity index (χ2v) is 4.44. The topological polar surface area (TPSA) is 39.1 Å². The number of ketones is 1. The number of rotatable bonds is 3. The number of carbonyl (C=O) groups excluding carboxylic acids is 1. The Morgan fingerprint density at radius 1 is 1.33 bits per heavy atom. The summed E-state index contributed by atoms with van der Waals surface area (Å²) in [6.07, 6.45) is 0.775. The van der Waals surface area contributed by atoms with Crippen LogP contribution in [0.5, 0.6) is 0 Å². The van der Waals surface area contributed by atoms with E-state index in [0.717, 1.165) is 5.39 Å². The Hall–Kier alpha value is -1.97. The molecular weight excluding hydrogens is 233 g/mol. The molecule has 4 heteroatoms. The van der Waals surface area contributed by atoms with Crippen molar-refractivity contribution in [3.05, 3.63) is 46.0 Å². The van der Waals surface area contributed by atoms with Gasteiger partial charge in [0.05, 0.1) is 5.52 Å². The number of aryl methyl sites for hydroxylation is 2. The van der Waals surface area contributed by atoms with Crippen LogP contribution in [0.3, 0.4) is 0 Å². The van der Waals surface area contributed by atoms with E-state index < -0.39 is 0 Å². The first-order chi connectivity index (χ1) is 8.49. The van der Waals surface area contributed by atoms with Crippen molar-refractivity contribution in [2.24, 2.45) is 7.05 Å². The van der Waals surface area contributed by atoms with Crippen LogP contribution in [0.15, 0.2) is 29.1 Å². The smallest absolute Gasteiger partial charge is 0.253 e. The van der Waals surface area contributed by atoms with Crippen LogP contribution in [-0.4, -0.2) is 10.4 Å². The van der Waals surface area contributed by atoms with Crippen molar-refractivity contribution in [2.45, 2.75) is 19.8 Å². The highest BCUT2D eigenvalue weighted by molar-refractivity contribution is 5.80. The van der Waals surface area contributed by atoms with Crippen LogP contribution < -0.4 is 5.56 Å². The summed E-state index contributed by atoms with van der Waals surface area (Å²) in [6.45, 7) is 1.50. The van der Waals surface area contributed by atoms with Crippen LogP contribution in [0.2, 0.25) is 0 Å². The molecule has 0 atom stereocenters. The first-order valence-corrected chi connectivity index (χ1v) is 5.76. The van der Waals surface area contributed by atoms with Gasteiger partial charge in [-0.15, -0.1) is 0 Å². The van der Waals surface area contributed by atoms with E-state index in [1.54, 1.807) is 19.2 Å². The number of benzene rings is 1. The van der Waals surface area contributed by atoms with Crippen molar-refractivity contribution in [3.63, 3.8) is 0 Å². The fourth-order valence-electron chi connectivity index (χ4n) is 1.99. The van der Waals surface area contributed by atoms with E-state index in [4.69, 9.17) is 0 Å². The van der Waals surface area contributed by atoms with Crippen LogP contribution >= 0.6 is 0 Å². The summed E-state index contributed by atoms with van der Waals surface area (Å²) in [5.41, 5.74) is 0.979. The van der Waals surface area contributed by atoms with Crippen LogP contribution in [0, 0.1) is 5.82 Å². The van der Waals surface area contributed by atoms with Gasteiger partial charge in [-0.1, -0.05) is 0 Å². The summed E-state index contributed by atoms with van der Waals surface area (Å²) in [7, 11) is 1.61. The average Bonchev–Trinajstić information content (AvgIpc) is 2.32. The largest absolute Gasteiger partial charge is 0.311 e. The zero-order chi connectivity index (χ0) is 13.3. The van der Waals surface area contributed by atoms with Crippen molar-refractivity contribution in [2.75, 3.05) is 0 Å². The predicted molar refractivity (Wildman–Crippen MR) is 68.1 cm³/mol. The molecule has 0 unspecified atom stereocenters. The number of hydrogen-bond acceptors (Lipinski definition) is 2. The lowest BCUT2D eigenvalue weighted by molar-refractivity contribution is -0.116. The third-order valence-corrected chi connectivity index (χ3v) is 3.01. The van der Waals surface area contributed by atoms with Crippen molar-refractivity contribution < 1.29 is 9.18 Å². The lowest BCUT2D eigenvalue weighted by Gasteiger charge is -2.08. The monoisotopic (exact) mass is 247 g/mol. The third-order valence-electron chi connectivity index (χ3n) is 3.01. The van der Waals surface area contributed by atoms with E-state index in [9.17, 15) is 14.0 Å². The van der Waals surface area contributed by atoms with Gasteiger partial charge in [0.25, 0.3) is 5.56 Å². The standard InChI is InChI=1S/C14H14FNO2/c1-9(17)3-4-11-7-10-5-6-12(15)8-13(10)16(2)14(11)18/h5-8H,3-4H2,1-2H3. The predicted octanol–water partition coefficient (Wildman–Crippen LogP) is 2.20. The molecule has 0 spiro atoms. The molecule has 0 aliphatic carbocycles. The quantitative estimate of drug-likeness (QED) is 0.834. The van der Waals surface area contributed by atoms with Crippen molar-refractivity contribution in [1.29, 1.82) is 0 Å². The van der Waals surface area contributed by atoms with Crippen LogP contribution in [-0.2, 0) is 18.3 Å². The molecule has 2 rings (SSSR count). The fourth-order valence-corrected chi connectivity index (χ4v) is 1.99. The second-order valence-electron chi connectivity index (χ2n) is 4.44. The molecule has 3 nitrogen and oxygen atoms in total. The maximum Gasteiger partial charge on any atom is 0.253 e. The Kier molecular flexibility index (Phi) is 3.28. The summed E-state index contributed by atoms with van der Waals surface area (Å²) in [4.78, 5) is 23.0. The van der Waals surface area contributed by atoms with Gasteiger partial charge in [-0.25, -0.2) is 4.39 Å². The van der Waals surface area contributed by atoms with Gasteiger partial charge in [0.2, 0.25) is 0 Å². The van der Waals surface area contributed by atoms with Gasteiger partial charge >= 0.3 is 0 Å². The lowest BCUT2D eigenvalue weighted by Crippen LogP contribution is -2.21. The Morgan fingerprint density at radius 2 is 2.06 bits per heavy atom. The summed E-state index contributed by atoms with van der Waals surface area (Å²) >= 11 is 0. The molecule has 0 aliphatic rings. The highest BCUT2D eigenvalue weighted by Gasteiger charge is 2.08. The molecule has 0 fully saturated rings. The zero-order valence-corrected chi connectivity index (χ0v) is 10.4. The highest BCUT2D eigenvalue weighted by atomic mass is 19.1. The molecule has 1 aromatic heterocycles. The number of nitrogens with zero attached hydrogens (tertiary/aromatic N) is 1. The Labute approximate surface area is 104 Å². The first-order valence-electron chi connectivity index (χ1n) is 5.76. The number of hydrogen-bond donors (Lipinski definition) is 0. The first kappa shape index (κ1) is 12.5. The summed E-state index contributed by atoms with van der Waals surface area (Å²) < 4.78 is 14.6. The maximum atomic E-state index is 13.1. The summed E-state index contributed by atoms with van der Waals surface area (Å²) in [5.74, 6) is -0.315. The summed E-state index contributed by atoms with van der Waals surface area (Å²) in [5, 5.41) is 0.803. The molecule has 0 saturated heterocycles. The molecule has 1 heterocycles. The Bertz CT molecular complexity index is 673. The van der Waals surface area contributed by atoms with E-state index in [1.165, 1.54) is 23.6 Å². The molecule has 0 aliphatic heterocycles. The Morgan fingerprint density at radius 3 is 2.72 bits per heavy atom. The average molecular weight is 247 g/mol. The minimum atomic E-state index is -0.367. The van der Waals surface area contributed by atoms with Crippen molar-refractivity contribution in [1.82, 2.24) is 4.57 Å². The van der Waals surface area contributed by atoms with Crippen LogP contribution in [0.4, 0.5) is 4.39 Å². The van der Waals surface area contributed by atoms with Gasteiger partial charge in [0, 0.05) is 19.0 Å². The fraction of sp³-hybridized carbons (Fsp3) is 0.286. The van der Waals surface area contributed by atoms with E-state index >= 15 is 0 Å². The molecule has 0 bridgehead atoms. The number of carbonyl (C=O) groups is 1. The molecular formula is C14H14FNO2. The minimum Gasteiger partial charge on any atom is -0.311 e. The zero-order valence-electron chi connectivity index (χ0n) is 10.4. The number of Topliss-reactive ketones (excluding diaryl/α,β-unsaturated/α-hetero) is 1. The van der Waals surface area contributed by atoms with E-state index in [-0.39, 0.29) is 17.2 Å². The Balaban J connectivity index is 2.57. The second kappa shape index (κ2) is 4.72. The van der Waals surface area contributed by atoms with Gasteiger partial charge in [-0.3, -0.25) is 4.79 Å². The van der Waals surface area contributed by atoms with Crippen LogP contribution in [0.25, 0.3) is 10.9 Å². The van der Waals surface area contributed by atoms with Gasteiger partial charge in [0.1, 0.15) is 11.6 Å². The minimum absolute atomic E-state index is 0.0521. The number of aromatic nitrogens is 1. The molecule has 94 valence electrons. The van der Waals surface area contributed by atoms with E-state index in [0.29, 0.717) is 23.9 Å². The van der Waals surface area contributed by atoms with Crippen molar-refractivity contribution in [3.8, 4) is 0 Å². The lowest BCUT2D eigenvalue weighted by atomic mass is 10.1. The SMILES string of the molecule is CC(=O)CCc1cc2ccc(F)cc2n(C)c1=O. The molecule has 0 amide bonds.